The van der Waals surface area contributed by atoms with Crippen LogP contribution in [0, 0.1) is 20.8 Å². The molecule has 2 N–H and O–H groups in total. The van der Waals surface area contributed by atoms with E-state index < -0.39 is 6.10 Å². The van der Waals surface area contributed by atoms with Crippen molar-refractivity contribution in [3.05, 3.63) is 58.7 Å². The number of rotatable bonds is 7. The molecule has 1 saturated heterocycles. The number of aryl methyl sites for hydroxylation is 2. The molecule has 2 aromatic carbocycles. The third-order valence-corrected chi connectivity index (χ3v) is 5.98. The quantitative estimate of drug-likeness (QED) is 0.700. The second-order valence-corrected chi connectivity index (χ2v) is 8.67. The first kappa shape index (κ1) is 25.2. The van der Waals surface area contributed by atoms with Gasteiger partial charge in [-0.3, -0.25) is 4.90 Å². The standard InChI is InChI=1S/C25H36N2O2.CH4O/c1-18(2)23-10-9-19(3)15-25(23)29-17-22(28)16-26-11-13-27(14-12-26)24-8-6-7-20(4)21(24)5;1-2/h6-10,15,18,22,28H,11-14,16-17H2,1-5H3;2H,1H3. The van der Waals surface area contributed by atoms with Crippen LogP contribution in [0.1, 0.15) is 42.0 Å². The Kier molecular flexibility index (Phi) is 9.82. The molecule has 1 heterocycles. The Morgan fingerprint density at radius 3 is 2.29 bits per heavy atom. The highest BCUT2D eigenvalue weighted by molar-refractivity contribution is 5.56. The maximum Gasteiger partial charge on any atom is 0.123 e. The van der Waals surface area contributed by atoms with E-state index in [1.165, 1.54) is 27.9 Å². The molecule has 3 rings (SSSR count). The average Bonchev–Trinajstić information content (AvgIpc) is 2.76. The van der Waals surface area contributed by atoms with Gasteiger partial charge in [0.05, 0.1) is 0 Å². The fraction of sp³-hybridized carbons (Fsp3) is 0.538. The highest BCUT2D eigenvalue weighted by Gasteiger charge is 2.21. The molecule has 5 heteroatoms. The number of hydrogen-bond acceptors (Lipinski definition) is 5. The van der Waals surface area contributed by atoms with E-state index in [1.807, 2.05) is 0 Å². The molecule has 0 saturated carbocycles. The van der Waals surface area contributed by atoms with Crippen LogP contribution in [0.2, 0.25) is 0 Å². The van der Waals surface area contributed by atoms with E-state index >= 15 is 0 Å². The van der Waals surface area contributed by atoms with E-state index in [-0.39, 0.29) is 0 Å². The summed E-state index contributed by atoms with van der Waals surface area (Å²) in [6.07, 6.45) is -0.484. The lowest BCUT2D eigenvalue weighted by atomic mass is 10.0. The number of aliphatic hydroxyl groups is 2. The first-order chi connectivity index (χ1) is 14.8. The molecular formula is C26H40N2O3. The maximum absolute atomic E-state index is 10.5. The van der Waals surface area contributed by atoms with Gasteiger partial charge in [0.25, 0.3) is 0 Å². The third kappa shape index (κ3) is 6.96. The van der Waals surface area contributed by atoms with Crippen molar-refractivity contribution in [1.82, 2.24) is 4.90 Å². The summed E-state index contributed by atoms with van der Waals surface area (Å²) in [7, 11) is 1.00. The van der Waals surface area contributed by atoms with Crippen LogP contribution in [-0.4, -0.2) is 67.7 Å². The Balaban J connectivity index is 0.00000166. The molecular weight excluding hydrogens is 388 g/mol. The Bertz CT molecular complexity index is 814. The topological polar surface area (TPSA) is 56.2 Å². The number of ether oxygens (including phenoxy) is 1. The summed E-state index contributed by atoms with van der Waals surface area (Å²) in [4.78, 5) is 4.80. The predicted octanol–water partition coefficient (Wildman–Crippen LogP) is 3.91. The molecule has 1 atom stereocenters. The van der Waals surface area contributed by atoms with Crippen molar-refractivity contribution in [1.29, 1.82) is 0 Å². The normalized spacial score (nSPS) is 15.5. The van der Waals surface area contributed by atoms with Crippen molar-refractivity contribution in [3.8, 4) is 5.75 Å². The zero-order chi connectivity index (χ0) is 23.0. The summed E-state index contributed by atoms with van der Waals surface area (Å²) < 4.78 is 6.01. The van der Waals surface area contributed by atoms with Gasteiger partial charge in [-0.05, 0) is 61.1 Å². The fourth-order valence-corrected chi connectivity index (χ4v) is 4.03. The second-order valence-electron chi connectivity index (χ2n) is 8.67. The molecule has 2 aromatic rings. The van der Waals surface area contributed by atoms with Crippen LogP contribution in [-0.2, 0) is 0 Å². The molecule has 0 amide bonds. The molecule has 1 aliphatic heterocycles. The molecule has 31 heavy (non-hydrogen) atoms. The second kappa shape index (κ2) is 12.1. The van der Waals surface area contributed by atoms with E-state index in [9.17, 15) is 5.11 Å². The smallest absolute Gasteiger partial charge is 0.123 e. The van der Waals surface area contributed by atoms with Crippen molar-refractivity contribution in [2.75, 3.05) is 51.3 Å². The lowest BCUT2D eigenvalue weighted by Gasteiger charge is -2.37. The Hall–Kier alpha value is -2.08. The van der Waals surface area contributed by atoms with Crippen LogP contribution in [0.5, 0.6) is 5.75 Å². The minimum absolute atomic E-state index is 0.334. The van der Waals surface area contributed by atoms with Crippen LogP contribution in [0.4, 0.5) is 5.69 Å². The zero-order valence-corrected chi connectivity index (χ0v) is 20.1. The zero-order valence-electron chi connectivity index (χ0n) is 20.1. The number of aliphatic hydroxyl groups excluding tert-OH is 2. The summed E-state index contributed by atoms with van der Waals surface area (Å²) in [5.41, 5.74) is 6.43. The molecule has 0 radical (unpaired) electrons. The van der Waals surface area contributed by atoms with Crippen LogP contribution in [0.3, 0.4) is 0 Å². The van der Waals surface area contributed by atoms with Crippen molar-refractivity contribution in [2.45, 2.75) is 46.6 Å². The van der Waals surface area contributed by atoms with Gasteiger partial charge in [0, 0.05) is 45.5 Å². The van der Waals surface area contributed by atoms with Crippen molar-refractivity contribution in [2.24, 2.45) is 0 Å². The van der Waals surface area contributed by atoms with Gasteiger partial charge in [0.2, 0.25) is 0 Å². The summed E-state index contributed by atoms with van der Waals surface area (Å²) in [6.45, 7) is 15.7. The molecule has 1 aliphatic rings. The number of nitrogens with zero attached hydrogens (tertiary/aromatic N) is 2. The third-order valence-electron chi connectivity index (χ3n) is 5.98. The van der Waals surface area contributed by atoms with Crippen LogP contribution in [0.25, 0.3) is 0 Å². The number of benzene rings is 2. The van der Waals surface area contributed by atoms with Gasteiger partial charge >= 0.3 is 0 Å². The van der Waals surface area contributed by atoms with Gasteiger partial charge in [-0.25, -0.2) is 0 Å². The van der Waals surface area contributed by atoms with Crippen molar-refractivity contribution >= 4 is 5.69 Å². The molecule has 0 bridgehead atoms. The average molecular weight is 429 g/mol. The summed E-state index contributed by atoms with van der Waals surface area (Å²) in [5, 5.41) is 17.5. The van der Waals surface area contributed by atoms with Crippen molar-refractivity contribution in [3.63, 3.8) is 0 Å². The molecule has 5 nitrogen and oxygen atoms in total. The van der Waals surface area contributed by atoms with Crippen LogP contribution in [0.15, 0.2) is 36.4 Å². The summed E-state index contributed by atoms with van der Waals surface area (Å²) >= 11 is 0. The van der Waals surface area contributed by atoms with Gasteiger partial charge in [0.1, 0.15) is 18.5 Å². The molecule has 172 valence electrons. The van der Waals surface area contributed by atoms with Gasteiger partial charge in [0.15, 0.2) is 0 Å². The van der Waals surface area contributed by atoms with E-state index in [0.717, 1.165) is 39.0 Å². The maximum atomic E-state index is 10.5. The first-order valence-corrected chi connectivity index (χ1v) is 11.2. The molecule has 0 spiro atoms. The molecule has 1 unspecified atom stereocenters. The number of hydrogen-bond donors (Lipinski definition) is 2. The van der Waals surface area contributed by atoms with E-state index in [2.05, 4.69) is 80.8 Å². The largest absolute Gasteiger partial charge is 0.491 e. The number of anilines is 1. The Labute approximate surface area is 188 Å². The molecule has 1 fully saturated rings. The first-order valence-electron chi connectivity index (χ1n) is 11.2. The Morgan fingerprint density at radius 2 is 1.65 bits per heavy atom. The summed E-state index contributed by atoms with van der Waals surface area (Å²) in [6, 6.07) is 12.9. The highest BCUT2D eigenvalue weighted by Crippen LogP contribution is 2.28. The number of β-amino-alcohol motifs (C(OH)–C–C–N with tert-alkyl or cyclic N) is 1. The van der Waals surface area contributed by atoms with Crippen LogP contribution < -0.4 is 9.64 Å². The Morgan fingerprint density at radius 1 is 0.968 bits per heavy atom. The summed E-state index contributed by atoms with van der Waals surface area (Å²) in [5.74, 6) is 1.31. The lowest BCUT2D eigenvalue weighted by molar-refractivity contribution is 0.0658. The highest BCUT2D eigenvalue weighted by atomic mass is 16.5. The minimum Gasteiger partial charge on any atom is -0.491 e. The van der Waals surface area contributed by atoms with E-state index in [0.29, 0.717) is 19.1 Å². The fourth-order valence-electron chi connectivity index (χ4n) is 4.03. The van der Waals surface area contributed by atoms with Gasteiger partial charge in [-0.15, -0.1) is 0 Å². The van der Waals surface area contributed by atoms with Crippen molar-refractivity contribution < 1.29 is 14.9 Å². The molecule has 0 aliphatic carbocycles. The SMILES string of the molecule is CO.Cc1ccc(C(C)C)c(OCC(O)CN2CCN(c3cccc(C)c3C)CC2)c1. The van der Waals surface area contributed by atoms with Gasteiger partial charge in [-0.2, -0.15) is 0 Å². The van der Waals surface area contributed by atoms with E-state index in [1.54, 1.807) is 0 Å². The molecule has 0 aromatic heterocycles. The van der Waals surface area contributed by atoms with Crippen LogP contribution >= 0.6 is 0 Å². The minimum atomic E-state index is -0.484. The van der Waals surface area contributed by atoms with Gasteiger partial charge in [-0.1, -0.05) is 38.1 Å². The number of piperazine rings is 1. The van der Waals surface area contributed by atoms with Gasteiger partial charge < -0.3 is 19.8 Å². The lowest BCUT2D eigenvalue weighted by Crippen LogP contribution is -2.49. The predicted molar refractivity (Wildman–Crippen MR) is 129 cm³/mol. The van der Waals surface area contributed by atoms with E-state index in [4.69, 9.17) is 9.84 Å². The monoisotopic (exact) mass is 428 g/mol.